The van der Waals surface area contributed by atoms with Crippen molar-refractivity contribution in [3.05, 3.63) is 41.5 Å². The first kappa shape index (κ1) is 43.0. The molecule has 316 valence electrons. The van der Waals surface area contributed by atoms with E-state index >= 15 is 0 Å². The number of benzene rings is 1. The van der Waals surface area contributed by atoms with E-state index < -0.39 is 115 Å². The smallest absolute Gasteiger partial charge is 0.327 e. The molecule has 2 amide bonds. The Morgan fingerprint density at radius 2 is 1.81 bits per heavy atom. The second-order valence-electron chi connectivity index (χ2n) is 15.8. The summed E-state index contributed by atoms with van der Waals surface area (Å²) in [6.07, 6.45) is -6.70. The predicted octanol–water partition coefficient (Wildman–Crippen LogP) is -1.84. The Morgan fingerprint density at radius 3 is 2.54 bits per heavy atom. The van der Waals surface area contributed by atoms with Gasteiger partial charge in [-0.15, -0.1) is 0 Å². The van der Waals surface area contributed by atoms with Gasteiger partial charge in [0.25, 0.3) is 0 Å². The van der Waals surface area contributed by atoms with Crippen LogP contribution in [0, 0.1) is 5.41 Å². The van der Waals surface area contributed by atoms with Gasteiger partial charge in [-0.2, -0.15) is 5.06 Å². The molecule has 12 atom stereocenters. The Morgan fingerprint density at radius 1 is 1.05 bits per heavy atom. The van der Waals surface area contributed by atoms with Gasteiger partial charge in [0.2, 0.25) is 11.8 Å². The second-order valence-corrected chi connectivity index (χ2v) is 15.8. The second kappa shape index (κ2) is 18.1. The lowest BCUT2D eigenvalue weighted by Crippen LogP contribution is -2.69. The summed E-state index contributed by atoms with van der Waals surface area (Å²) in [6.45, 7) is 4.03. The molecular formula is C38H53N3O16. The third-order valence-corrected chi connectivity index (χ3v) is 10.7. The highest BCUT2D eigenvalue weighted by molar-refractivity contribution is 5.94. The average molecular weight is 808 g/mol. The summed E-state index contributed by atoms with van der Waals surface area (Å²) >= 11 is 0. The van der Waals surface area contributed by atoms with Crippen LogP contribution in [-0.2, 0) is 59.0 Å². The van der Waals surface area contributed by atoms with Crippen LogP contribution >= 0.6 is 0 Å². The van der Waals surface area contributed by atoms with E-state index in [1.807, 2.05) is 12.1 Å². The molecule has 4 heterocycles. The van der Waals surface area contributed by atoms with Crippen LogP contribution in [0.3, 0.4) is 0 Å². The maximum Gasteiger partial charge on any atom is 0.327 e. The normalized spacial score (nSPS) is 34.1. The quantitative estimate of drug-likeness (QED) is 0.0906. The molecule has 4 saturated heterocycles. The molecule has 5 aliphatic rings. The fourth-order valence-electron chi connectivity index (χ4n) is 8.02. The number of ether oxygens (including phenoxy) is 6. The zero-order valence-electron chi connectivity index (χ0n) is 32.1. The van der Waals surface area contributed by atoms with Gasteiger partial charge in [0.1, 0.15) is 66.6 Å². The predicted molar refractivity (Wildman–Crippen MR) is 193 cm³/mol. The fraction of sp³-hybridized carbons (Fsp3) is 0.684. The zero-order valence-corrected chi connectivity index (χ0v) is 32.1. The minimum atomic E-state index is -1.58. The molecule has 5 fully saturated rings. The van der Waals surface area contributed by atoms with E-state index in [1.54, 1.807) is 45.1 Å². The van der Waals surface area contributed by atoms with Crippen LogP contribution in [-0.4, -0.2) is 160 Å². The molecule has 0 spiro atoms. The van der Waals surface area contributed by atoms with E-state index in [2.05, 4.69) is 10.6 Å². The lowest BCUT2D eigenvalue weighted by Gasteiger charge is -2.48. The number of rotatable bonds is 16. The Bertz CT molecular complexity index is 1640. The number of hydroxylamine groups is 2. The summed E-state index contributed by atoms with van der Waals surface area (Å²) in [5, 5.41) is 56.5. The molecule has 1 aromatic carbocycles. The Labute approximate surface area is 329 Å². The first-order valence-electron chi connectivity index (χ1n) is 19.1. The number of nitrogens with one attached hydrogen (secondary N) is 2. The number of nitrogens with zero attached hydrogens (tertiary/aromatic N) is 1. The number of hydrogen-bond donors (Lipinski definition) is 7. The van der Waals surface area contributed by atoms with Gasteiger partial charge in [0.15, 0.2) is 12.3 Å². The van der Waals surface area contributed by atoms with Gasteiger partial charge in [-0.3, -0.25) is 24.0 Å². The lowest BCUT2D eigenvalue weighted by molar-refractivity contribution is -0.298. The molecule has 19 nitrogen and oxygen atoms in total. The molecule has 2 bridgehead atoms. The number of carbonyl (C=O) groups excluding carboxylic acids is 4. The molecule has 0 radical (unpaired) electrons. The number of aliphatic hydroxyl groups is 5. The summed E-state index contributed by atoms with van der Waals surface area (Å²) in [7, 11) is 0. The third-order valence-electron chi connectivity index (χ3n) is 10.7. The highest BCUT2D eigenvalue weighted by atomic mass is 16.8. The Balaban J connectivity index is 1.11. The van der Waals surface area contributed by atoms with Gasteiger partial charge >= 0.3 is 11.9 Å². The minimum Gasteiger partial charge on any atom is -0.460 e. The number of carbonyl (C=O) groups is 4. The van der Waals surface area contributed by atoms with Gasteiger partial charge in [0.05, 0.1) is 32.4 Å². The van der Waals surface area contributed by atoms with E-state index in [4.69, 9.17) is 33.3 Å². The molecule has 1 saturated carbocycles. The van der Waals surface area contributed by atoms with Crippen LogP contribution in [0.15, 0.2) is 30.3 Å². The van der Waals surface area contributed by atoms with E-state index in [-0.39, 0.29) is 52.2 Å². The summed E-state index contributed by atoms with van der Waals surface area (Å²) in [4.78, 5) is 59.5. The van der Waals surface area contributed by atoms with Crippen LogP contribution < -0.4 is 10.6 Å². The zero-order chi connectivity index (χ0) is 41.1. The van der Waals surface area contributed by atoms with Crippen molar-refractivity contribution in [3.63, 3.8) is 0 Å². The van der Waals surface area contributed by atoms with Gasteiger partial charge in [-0.25, -0.2) is 0 Å². The van der Waals surface area contributed by atoms with Crippen molar-refractivity contribution >= 4 is 29.8 Å². The number of hydrogen-bond acceptors (Lipinski definition) is 17. The number of fused-ring (bicyclic) bond motifs is 4. The largest absolute Gasteiger partial charge is 0.460 e. The van der Waals surface area contributed by atoms with E-state index in [0.717, 1.165) is 0 Å². The van der Waals surface area contributed by atoms with Crippen LogP contribution in [0.4, 0.5) is 0 Å². The van der Waals surface area contributed by atoms with Crippen molar-refractivity contribution < 1.29 is 78.0 Å². The van der Waals surface area contributed by atoms with Crippen LogP contribution in [0.5, 0.6) is 0 Å². The Hall–Kier alpha value is -3.60. The van der Waals surface area contributed by atoms with Crippen molar-refractivity contribution in [2.24, 2.45) is 5.41 Å². The van der Waals surface area contributed by atoms with E-state index in [1.165, 1.54) is 5.06 Å². The number of esters is 2. The molecule has 7 N–H and O–H groups in total. The van der Waals surface area contributed by atoms with Crippen molar-refractivity contribution in [2.75, 3.05) is 33.2 Å². The van der Waals surface area contributed by atoms with Crippen molar-refractivity contribution in [1.29, 1.82) is 0 Å². The van der Waals surface area contributed by atoms with Crippen molar-refractivity contribution in [1.82, 2.24) is 15.7 Å². The van der Waals surface area contributed by atoms with Crippen molar-refractivity contribution in [3.8, 4) is 0 Å². The summed E-state index contributed by atoms with van der Waals surface area (Å²) in [5.41, 5.74) is -0.725. The SMILES string of the molecule is CC(C)(C)OC(=O)CC[C@@H](CO)NC(=O)CCNC(=O)[C@@]12C[C@H]3OC(=O)[C@@H]1N(Cc1ccccc1C=CCO[C@H]1O[C@H](CO)[C@H](O)[C@H](O)[C@H]1O)O[C@@H]2[C@H]1OCO[C@H]13. The van der Waals surface area contributed by atoms with Crippen LogP contribution in [0.25, 0.3) is 6.08 Å². The molecule has 57 heavy (non-hydrogen) atoms. The van der Waals surface area contributed by atoms with Crippen LogP contribution in [0.2, 0.25) is 0 Å². The molecule has 6 rings (SSSR count). The molecule has 1 aromatic rings. The van der Waals surface area contributed by atoms with Gasteiger partial charge < -0.3 is 64.6 Å². The molecule has 0 unspecified atom stereocenters. The third kappa shape index (κ3) is 9.34. The number of amides is 2. The molecule has 0 aromatic heterocycles. The maximum absolute atomic E-state index is 14.3. The maximum atomic E-state index is 14.3. The fourth-order valence-corrected chi connectivity index (χ4v) is 8.02. The standard InChI is InChI=1S/C38H53N3O16/c1-37(2,3)56-26(45)11-10-22(17-42)40-25(44)12-13-39-36(50)38-15-23-30-31(53-19-52-30)33(38)57-41(32(38)34(49)54-23)16-21-8-5-4-7-20(21)9-6-14-51-35-29(48)28(47)27(46)24(18-43)55-35/h4-9,22-24,27-33,35,42-43,46-48H,10-19H2,1-3H3,(H,39,50)(H,40,44)/t22-,23+,24+,27-,28-,29+,30-,31-,32-,33+,35-,38-/m0/s1. The lowest BCUT2D eigenvalue weighted by atomic mass is 9.62. The molecule has 1 aliphatic carbocycles. The van der Waals surface area contributed by atoms with Gasteiger partial charge in [-0.05, 0) is 38.3 Å². The summed E-state index contributed by atoms with van der Waals surface area (Å²) < 4.78 is 33.8. The van der Waals surface area contributed by atoms with Crippen molar-refractivity contribution in [2.45, 2.75) is 126 Å². The molecule has 19 heteroatoms. The minimum absolute atomic E-state index is 0.00670. The van der Waals surface area contributed by atoms with E-state index in [0.29, 0.717) is 11.1 Å². The highest BCUT2D eigenvalue weighted by Crippen LogP contribution is 2.55. The topological polar surface area (TPSA) is 261 Å². The number of aliphatic hydroxyl groups excluding tert-OH is 5. The summed E-state index contributed by atoms with van der Waals surface area (Å²) in [5.74, 6) is -2.11. The Kier molecular flexibility index (Phi) is 13.7. The first-order valence-corrected chi connectivity index (χ1v) is 19.1. The monoisotopic (exact) mass is 807 g/mol. The van der Waals surface area contributed by atoms with Gasteiger partial charge in [0, 0.05) is 25.8 Å². The van der Waals surface area contributed by atoms with Crippen LogP contribution in [0.1, 0.15) is 57.6 Å². The highest BCUT2D eigenvalue weighted by Gasteiger charge is 2.74. The first-order chi connectivity index (χ1) is 27.2. The molecular weight excluding hydrogens is 754 g/mol. The van der Waals surface area contributed by atoms with E-state index in [9.17, 15) is 44.7 Å². The average Bonchev–Trinajstić information content (AvgIpc) is 3.80. The van der Waals surface area contributed by atoms with Gasteiger partial charge in [-0.1, -0.05) is 36.4 Å². The summed E-state index contributed by atoms with van der Waals surface area (Å²) in [6, 6.07) is 5.34. The molecule has 4 aliphatic heterocycles.